The molecule has 1 rings (SSSR count). The summed E-state index contributed by atoms with van der Waals surface area (Å²) >= 11 is 12.0. The lowest BCUT2D eigenvalue weighted by atomic mass is 9.98. The Labute approximate surface area is 94.0 Å². The fraction of sp³-hybridized carbons (Fsp3) is 0.364. The average Bonchev–Trinajstić information content (AvgIpc) is 2.11. The Morgan fingerprint density at radius 2 is 1.86 bits per heavy atom. The number of ketones is 1. The van der Waals surface area contributed by atoms with Crippen molar-refractivity contribution in [2.45, 2.75) is 20.3 Å². The molecule has 0 spiro atoms. The molecule has 0 heterocycles. The largest absolute Gasteiger partial charge is 0.300 e. The van der Waals surface area contributed by atoms with E-state index in [2.05, 4.69) is 0 Å². The van der Waals surface area contributed by atoms with E-state index in [0.717, 1.165) is 5.56 Å². The van der Waals surface area contributed by atoms with Crippen molar-refractivity contribution in [2.75, 3.05) is 0 Å². The van der Waals surface area contributed by atoms with Gasteiger partial charge in [-0.15, -0.1) is 0 Å². The second kappa shape index (κ2) is 4.81. The normalized spacial score (nSPS) is 12.6. The predicted octanol–water partition coefficient (Wildman–Crippen LogP) is 3.76. The Hall–Kier alpha value is -0.530. The first-order valence-electron chi connectivity index (χ1n) is 4.45. The first-order chi connectivity index (χ1) is 6.52. The first-order valence-corrected chi connectivity index (χ1v) is 5.21. The van der Waals surface area contributed by atoms with Crippen molar-refractivity contribution < 1.29 is 4.79 Å². The topological polar surface area (TPSA) is 17.1 Å². The first kappa shape index (κ1) is 11.5. The van der Waals surface area contributed by atoms with Crippen LogP contribution in [-0.2, 0) is 11.2 Å². The van der Waals surface area contributed by atoms with Gasteiger partial charge in [-0.3, -0.25) is 4.79 Å². The van der Waals surface area contributed by atoms with Gasteiger partial charge in [-0.05, 0) is 31.0 Å². The Kier molecular flexibility index (Phi) is 3.97. The molecule has 0 radical (unpaired) electrons. The zero-order valence-electron chi connectivity index (χ0n) is 8.18. The molecule has 0 aromatic heterocycles. The van der Waals surface area contributed by atoms with Gasteiger partial charge in [-0.25, -0.2) is 0 Å². The molecule has 76 valence electrons. The summed E-state index contributed by atoms with van der Waals surface area (Å²) in [4.78, 5) is 11.1. The molecule has 0 saturated carbocycles. The number of carbonyl (C=O) groups is 1. The van der Waals surface area contributed by atoms with E-state index in [1.807, 2.05) is 6.92 Å². The highest BCUT2D eigenvalue weighted by molar-refractivity contribution is 6.36. The number of rotatable bonds is 3. The molecule has 1 unspecified atom stereocenters. The van der Waals surface area contributed by atoms with Crippen LogP contribution in [0.5, 0.6) is 0 Å². The molecule has 1 atom stereocenters. The molecule has 0 bridgehead atoms. The molecule has 3 heteroatoms. The monoisotopic (exact) mass is 230 g/mol. The molecule has 0 saturated heterocycles. The van der Waals surface area contributed by atoms with Crippen LogP contribution in [0.1, 0.15) is 19.4 Å². The minimum absolute atomic E-state index is 0.0348. The van der Waals surface area contributed by atoms with Gasteiger partial charge < -0.3 is 0 Å². The van der Waals surface area contributed by atoms with Crippen LogP contribution in [0.2, 0.25) is 10.0 Å². The van der Waals surface area contributed by atoms with E-state index in [4.69, 9.17) is 23.2 Å². The summed E-state index contributed by atoms with van der Waals surface area (Å²) in [6.45, 7) is 3.46. The molecule has 1 aromatic carbocycles. The standard InChI is InChI=1S/C11H12Cl2O/c1-7(8(2)14)6-9-10(12)4-3-5-11(9)13/h3-5,7H,6H2,1-2H3. The molecule has 1 nitrogen and oxygen atoms in total. The number of Topliss-reactive ketones (excluding diaryl/α,β-unsaturated/α-hetero) is 1. The number of hydrogen-bond acceptors (Lipinski definition) is 1. The van der Waals surface area contributed by atoms with Crippen LogP contribution in [0.3, 0.4) is 0 Å². The molecular formula is C11H12Cl2O. The molecule has 0 aliphatic rings. The van der Waals surface area contributed by atoms with Crippen LogP contribution in [0.4, 0.5) is 0 Å². The fourth-order valence-electron chi connectivity index (χ4n) is 1.18. The lowest BCUT2D eigenvalue weighted by Crippen LogP contribution is -2.10. The maximum atomic E-state index is 11.1. The highest BCUT2D eigenvalue weighted by atomic mass is 35.5. The van der Waals surface area contributed by atoms with Gasteiger partial charge in [0.25, 0.3) is 0 Å². The molecular weight excluding hydrogens is 219 g/mol. The zero-order valence-corrected chi connectivity index (χ0v) is 9.69. The van der Waals surface area contributed by atoms with Crippen molar-refractivity contribution >= 4 is 29.0 Å². The van der Waals surface area contributed by atoms with Crippen LogP contribution in [0.15, 0.2) is 18.2 Å². The smallest absolute Gasteiger partial charge is 0.132 e. The molecule has 0 aliphatic carbocycles. The van der Waals surface area contributed by atoms with Gasteiger partial charge in [0.2, 0.25) is 0 Å². The van der Waals surface area contributed by atoms with Gasteiger partial charge in [-0.2, -0.15) is 0 Å². The molecule has 0 amide bonds. The van der Waals surface area contributed by atoms with Crippen LogP contribution in [0, 0.1) is 5.92 Å². The van der Waals surface area contributed by atoms with Gasteiger partial charge in [0, 0.05) is 16.0 Å². The number of halogens is 2. The van der Waals surface area contributed by atoms with Gasteiger partial charge >= 0.3 is 0 Å². The van der Waals surface area contributed by atoms with Crippen molar-refractivity contribution in [2.24, 2.45) is 5.92 Å². The summed E-state index contributed by atoms with van der Waals surface area (Å²) in [5, 5.41) is 1.26. The Morgan fingerprint density at radius 3 is 2.29 bits per heavy atom. The van der Waals surface area contributed by atoms with E-state index in [1.165, 1.54) is 0 Å². The Morgan fingerprint density at radius 1 is 1.36 bits per heavy atom. The van der Waals surface area contributed by atoms with Crippen LogP contribution in [0.25, 0.3) is 0 Å². The van der Waals surface area contributed by atoms with E-state index in [1.54, 1.807) is 25.1 Å². The van der Waals surface area contributed by atoms with E-state index in [-0.39, 0.29) is 11.7 Å². The third kappa shape index (κ3) is 2.73. The second-order valence-electron chi connectivity index (χ2n) is 3.42. The Balaban J connectivity index is 2.91. The van der Waals surface area contributed by atoms with E-state index >= 15 is 0 Å². The molecule has 14 heavy (non-hydrogen) atoms. The maximum absolute atomic E-state index is 11.1. The third-order valence-corrected chi connectivity index (χ3v) is 2.97. The highest BCUT2D eigenvalue weighted by Gasteiger charge is 2.13. The van der Waals surface area contributed by atoms with E-state index in [0.29, 0.717) is 16.5 Å². The summed E-state index contributed by atoms with van der Waals surface area (Å²) in [5.41, 5.74) is 0.860. The minimum atomic E-state index is -0.0348. The maximum Gasteiger partial charge on any atom is 0.132 e. The lowest BCUT2D eigenvalue weighted by Gasteiger charge is -2.10. The summed E-state index contributed by atoms with van der Waals surface area (Å²) in [7, 11) is 0. The van der Waals surface area contributed by atoms with E-state index < -0.39 is 0 Å². The summed E-state index contributed by atoms with van der Waals surface area (Å²) in [5.74, 6) is 0.119. The van der Waals surface area contributed by atoms with Gasteiger partial charge in [0.1, 0.15) is 5.78 Å². The SMILES string of the molecule is CC(=O)C(C)Cc1c(Cl)cccc1Cl. The molecule has 0 aliphatic heterocycles. The number of hydrogen-bond donors (Lipinski definition) is 0. The fourth-order valence-corrected chi connectivity index (χ4v) is 1.73. The lowest BCUT2D eigenvalue weighted by molar-refractivity contribution is -0.120. The molecule has 0 fully saturated rings. The quantitative estimate of drug-likeness (QED) is 0.773. The molecule has 0 N–H and O–H groups in total. The van der Waals surface area contributed by atoms with Crippen molar-refractivity contribution in [3.8, 4) is 0 Å². The third-order valence-electron chi connectivity index (χ3n) is 2.27. The van der Waals surface area contributed by atoms with Crippen molar-refractivity contribution in [1.29, 1.82) is 0 Å². The van der Waals surface area contributed by atoms with E-state index in [9.17, 15) is 4.79 Å². The summed E-state index contributed by atoms with van der Waals surface area (Å²) in [6, 6.07) is 5.37. The highest BCUT2D eigenvalue weighted by Crippen LogP contribution is 2.26. The van der Waals surface area contributed by atoms with Crippen molar-refractivity contribution in [3.63, 3.8) is 0 Å². The minimum Gasteiger partial charge on any atom is -0.300 e. The molecule has 1 aromatic rings. The van der Waals surface area contributed by atoms with Crippen LogP contribution >= 0.6 is 23.2 Å². The van der Waals surface area contributed by atoms with Gasteiger partial charge in [0.15, 0.2) is 0 Å². The second-order valence-corrected chi connectivity index (χ2v) is 4.23. The van der Waals surface area contributed by atoms with Crippen molar-refractivity contribution in [1.82, 2.24) is 0 Å². The van der Waals surface area contributed by atoms with Gasteiger partial charge in [-0.1, -0.05) is 36.2 Å². The van der Waals surface area contributed by atoms with Crippen molar-refractivity contribution in [3.05, 3.63) is 33.8 Å². The summed E-state index contributed by atoms with van der Waals surface area (Å²) < 4.78 is 0. The van der Waals surface area contributed by atoms with Gasteiger partial charge in [0.05, 0.1) is 0 Å². The Bertz CT molecular complexity index is 327. The van der Waals surface area contributed by atoms with Crippen LogP contribution in [-0.4, -0.2) is 5.78 Å². The average molecular weight is 231 g/mol. The predicted molar refractivity (Wildman–Crippen MR) is 60.0 cm³/mol. The summed E-state index contributed by atoms with van der Waals surface area (Å²) in [6.07, 6.45) is 0.605. The number of carbonyl (C=O) groups excluding carboxylic acids is 1. The zero-order chi connectivity index (χ0) is 10.7. The van der Waals surface area contributed by atoms with Crippen LogP contribution < -0.4 is 0 Å². The number of benzene rings is 1.